The maximum absolute atomic E-state index is 11.8. The average Bonchev–Trinajstić information content (AvgIpc) is 2.44. The van der Waals surface area contributed by atoms with E-state index in [0.29, 0.717) is 26.9 Å². The first-order valence-electron chi connectivity index (χ1n) is 5.38. The van der Waals surface area contributed by atoms with Gasteiger partial charge in [-0.1, -0.05) is 27.7 Å². The van der Waals surface area contributed by atoms with Crippen molar-refractivity contribution >= 4 is 49.9 Å². The number of methoxy groups -OCH3 is 1. The zero-order valence-electron chi connectivity index (χ0n) is 11.0. The highest BCUT2D eigenvalue weighted by Gasteiger charge is 2.12. The number of aldehydes is 1. The van der Waals surface area contributed by atoms with Gasteiger partial charge < -0.3 is 9.53 Å². The number of halogens is 2. The molecule has 5 nitrogen and oxygen atoms in total. The molecule has 108 valence electrons. The van der Waals surface area contributed by atoms with Crippen molar-refractivity contribution in [2.24, 2.45) is 0 Å². The molecule has 0 aliphatic rings. The second kappa shape index (κ2) is 10.6. The Hall–Kier alpha value is -0.180. The van der Waals surface area contributed by atoms with Crippen molar-refractivity contribution in [3.05, 3.63) is 20.5 Å². The Morgan fingerprint density at radius 2 is 2.11 bits per heavy atom. The molecule has 1 heterocycles. The number of hydrogen-bond acceptors (Lipinski definition) is 5. The van der Waals surface area contributed by atoms with Crippen molar-refractivity contribution in [2.75, 3.05) is 20.0 Å². The van der Waals surface area contributed by atoms with E-state index in [1.54, 1.807) is 7.11 Å². The average molecular weight is 416 g/mol. The van der Waals surface area contributed by atoms with E-state index in [0.717, 1.165) is 6.61 Å². The van der Waals surface area contributed by atoms with E-state index in [1.807, 2.05) is 13.2 Å². The normalized spacial score (nSPS) is 9.74. The monoisotopic (exact) mass is 414 g/mol. The third-order valence-corrected chi connectivity index (χ3v) is 4.01. The Kier molecular flexibility index (Phi) is 10.5. The van der Waals surface area contributed by atoms with Crippen molar-refractivity contribution in [3.63, 3.8) is 0 Å². The molecule has 0 saturated heterocycles. The van der Waals surface area contributed by atoms with Gasteiger partial charge in [-0.05, 0) is 29.1 Å². The van der Waals surface area contributed by atoms with Crippen LogP contribution in [0.3, 0.4) is 0 Å². The van der Waals surface area contributed by atoms with Crippen molar-refractivity contribution in [3.8, 4) is 0 Å². The Bertz CT molecular complexity index is 464. The van der Waals surface area contributed by atoms with Crippen LogP contribution >= 0.6 is 43.6 Å². The van der Waals surface area contributed by atoms with Gasteiger partial charge in [-0.15, -0.1) is 0 Å². The van der Waals surface area contributed by atoms with Crippen LogP contribution < -0.4 is 5.56 Å². The number of alkyl halides is 1. The van der Waals surface area contributed by atoms with E-state index in [1.165, 1.54) is 16.3 Å². The molecule has 0 aliphatic heterocycles. The van der Waals surface area contributed by atoms with E-state index < -0.39 is 0 Å². The maximum Gasteiger partial charge on any atom is 0.269 e. The smallest absolute Gasteiger partial charge is 0.269 e. The molecule has 19 heavy (non-hydrogen) atoms. The Morgan fingerprint density at radius 1 is 1.53 bits per heavy atom. The van der Waals surface area contributed by atoms with E-state index in [-0.39, 0.29) is 12.1 Å². The maximum atomic E-state index is 11.8. The van der Waals surface area contributed by atoms with Gasteiger partial charge in [0.25, 0.3) is 5.56 Å². The Labute approximate surface area is 133 Å². The lowest BCUT2D eigenvalue weighted by Crippen LogP contribution is -2.25. The van der Waals surface area contributed by atoms with Gasteiger partial charge in [-0.3, -0.25) is 9.36 Å². The molecular weight excluding hydrogens is 400 g/mol. The van der Waals surface area contributed by atoms with Crippen LogP contribution in [0, 0.1) is 0 Å². The van der Waals surface area contributed by atoms with Crippen molar-refractivity contribution in [1.82, 2.24) is 9.55 Å². The minimum atomic E-state index is -0.226. The molecule has 0 radical (unpaired) electrons. The minimum absolute atomic E-state index is 0.0309. The number of carbonyl (C=O) groups is 1. The second-order valence-electron chi connectivity index (χ2n) is 3.15. The zero-order valence-corrected chi connectivity index (χ0v) is 15.0. The topological polar surface area (TPSA) is 61.2 Å². The van der Waals surface area contributed by atoms with E-state index in [4.69, 9.17) is 0 Å². The largest absolute Gasteiger partial charge is 0.385 e. The molecule has 1 rings (SSSR count). The van der Waals surface area contributed by atoms with Crippen molar-refractivity contribution in [2.45, 2.75) is 24.0 Å². The van der Waals surface area contributed by atoms with Gasteiger partial charge in [0.1, 0.15) is 10.8 Å². The van der Waals surface area contributed by atoms with E-state index >= 15 is 0 Å². The standard InChI is InChI=1S/C8H8Br2N2O2S.C3H8O/c1-15-8-11-5(4-9)6(10)7(14)12(8)2-3-13;1-3-4-2/h3H,2,4H2,1H3;3H2,1-2H3. The summed E-state index contributed by atoms with van der Waals surface area (Å²) in [5.41, 5.74) is 0.419. The molecule has 0 atom stereocenters. The first kappa shape index (κ1) is 18.8. The molecule has 8 heteroatoms. The molecule has 0 N–H and O–H groups in total. The van der Waals surface area contributed by atoms with Crippen LogP contribution in [0.2, 0.25) is 0 Å². The van der Waals surface area contributed by atoms with Gasteiger partial charge in [0.15, 0.2) is 5.16 Å². The summed E-state index contributed by atoms with van der Waals surface area (Å²) in [5, 5.41) is 1.04. The van der Waals surface area contributed by atoms with Gasteiger partial charge in [0, 0.05) is 19.0 Å². The highest BCUT2D eigenvalue weighted by Crippen LogP contribution is 2.17. The predicted molar refractivity (Wildman–Crippen MR) is 84.2 cm³/mol. The van der Waals surface area contributed by atoms with Crippen molar-refractivity contribution < 1.29 is 9.53 Å². The lowest BCUT2D eigenvalue weighted by Gasteiger charge is -2.09. The van der Waals surface area contributed by atoms with Crippen LogP contribution in [0.15, 0.2) is 14.4 Å². The summed E-state index contributed by atoms with van der Waals surface area (Å²) in [7, 11) is 1.68. The molecule has 0 saturated carbocycles. The molecule has 0 aromatic carbocycles. The summed E-state index contributed by atoms with van der Waals surface area (Å²) in [5.74, 6) is 0. The predicted octanol–water partition coefficient (Wildman–Crippen LogP) is 2.47. The fourth-order valence-electron chi connectivity index (χ4n) is 1.03. The summed E-state index contributed by atoms with van der Waals surface area (Å²) in [6, 6.07) is 0. The third-order valence-electron chi connectivity index (χ3n) is 2.00. The van der Waals surface area contributed by atoms with Gasteiger partial charge in [-0.25, -0.2) is 4.98 Å². The van der Waals surface area contributed by atoms with Crippen LogP contribution in [0.1, 0.15) is 12.6 Å². The Balaban J connectivity index is 0.000000711. The number of hydrogen-bond donors (Lipinski definition) is 0. The number of ether oxygens (including phenoxy) is 1. The minimum Gasteiger partial charge on any atom is -0.385 e. The van der Waals surface area contributed by atoms with Crippen molar-refractivity contribution in [1.29, 1.82) is 0 Å². The number of aromatic nitrogens is 2. The number of thioether (sulfide) groups is 1. The summed E-state index contributed by atoms with van der Waals surface area (Å²) in [6.07, 6.45) is 2.50. The molecule has 1 aromatic rings. The van der Waals surface area contributed by atoms with Gasteiger partial charge in [0.05, 0.1) is 12.2 Å². The van der Waals surface area contributed by atoms with Crippen LogP contribution in [-0.4, -0.2) is 35.8 Å². The number of rotatable bonds is 5. The zero-order chi connectivity index (χ0) is 14.8. The molecule has 0 aliphatic carbocycles. The van der Waals surface area contributed by atoms with Crippen LogP contribution in [0.5, 0.6) is 0 Å². The fourth-order valence-corrected chi connectivity index (χ4v) is 2.84. The van der Waals surface area contributed by atoms with Crippen LogP contribution in [-0.2, 0) is 21.4 Å². The van der Waals surface area contributed by atoms with Crippen LogP contribution in [0.4, 0.5) is 0 Å². The van der Waals surface area contributed by atoms with Crippen LogP contribution in [0.25, 0.3) is 0 Å². The third kappa shape index (κ3) is 5.76. The highest BCUT2D eigenvalue weighted by atomic mass is 79.9. The Morgan fingerprint density at radius 3 is 2.47 bits per heavy atom. The van der Waals surface area contributed by atoms with Gasteiger partial charge >= 0.3 is 0 Å². The summed E-state index contributed by atoms with van der Waals surface area (Å²) >= 11 is 7.76. The molecule has 1 aromatic heterocycles. The summed E-state index contributed by atoms with van der Waals surface area (Å²) < 4.78 is 6.28. The molecule has 0 unspecified atom stereocenters. The lowest BCUT2D eigenvalue weighted by molar-refractivity contribution is -0.108. The molecule has 0 bridgehead atoms. The number of nitrogens with zero attached hydrogens (tertiary/aromatic N) is 2. The fraction of sp³-hybridized carbons (Fsp3) is 0.545. The molecule has 0 spiro atoms. The quantitative estimate of drug-likeness (QED) is 0.320. The summed E-state index contributed by atoms with van der Waals surface area (Å²) in [6.45, 7) is 2.81. The highest BCUT2D eigenvalue weighted by molar-refractivity contribution is 9.10. The summed E-state index contributed by atoms with van der Waals surface area (Å²) in [4.78, 5) is 26.5. The number of carbonyl (C=O) groups excluding carboxylic acids is 1. The van der Waals surface area contributed by atoms with E-state index in [9.17, 15) is 9.59 Å². The van der Waals surface area contributed by atoms with E-state index in [2.05, 4.69) is 41.6 Å². The van der Waals surface area contributed by atoms with Gasteiger partial charge in [-0.2, -0.15) is 0 Å². The molecule has 0 fully saturated rings. The van der Waals surface area contributed by atoms with Gasteiger partial charge in [0.2, 0.25) is 0 Å². The molecular formula is C11H16Br2N2O3S. The first-order valence-corrected chi connectivity index (χ1v) is 8.52. The SMILES string of the molecule is CCOC.CSc1nc(CBr)c(Br)c(=O)n1CC=O. The second-order valence-corrected chi connectivity index (χ2v) is 5.28. The molecule has 0 amide bonds. The first-order chi connectivity index (χ1) is 9.06. The lowest BCUT2D eigenvalue weighted by atomic mass is 10.4.